The Labute approximate surface area is 192 Å². The van der Waals surface area contributed by atoms with Crippen molar-refractivity contribution in [2.24, 2.45) is 0 Å². The fourth-order valence-corrected chi connectivity index (χ4v) is 4.22. The van der Waals surface area contributed by atoms with Crippen molar-refractivity contribution in [3.63, 3.8) is 0 Å². The predicted molar refractivity (Wildman–Crippen MR) is 124 cm³/mol. The smallest absolute Gasteiger partial charge is 0.259 e. The van der Waals surface area contributed by atoms with Crippen molar-refractivity contribution in [3.05, 3.63) is 88.8 Å². The molecule has 1 aliphatic rings. The monoisotopic (exact) mass is 446 g/mol. The molecule has 1 fully saturated rings. The summed E-state index contributed by atoms with van der Waals surface area (Å²) >= 11 is 0. The van der Waals surface area contributed by atoms with Gasteiger partial charge in [0.15, 0.2) is 5.82 Å². The number of benzene rings is 2. The standard InChI is InChI=1S/C26H27FN4O2/c1-17-8-7-9-19(14-17)15-24(32)31-13-6-5-12-23(31)25-28-16-20(18(2)29-25)26(33)30-22-11-4-3-10-21(22)27/h3-4,7-11,14,16,23H,5-6,12-13,15H2,1-2H3,(H,30,33)/t23-/m0/s1. The second kappa shape index (κ2) is 9.90. The molecule has 0 bridgehead atoms. The van der Waals surface area contributed by atoms with Crippen molar-refractivity contribution in [1.29, 1.82) is 0 Å². The van der Waals surface area contributed by atoms with Crippen molar-refractivity contribution in [3.8, 4) is 0 Å². The Morgan fingerprint density at radius 3 is 2.70 bits per heavy atom. The summed E-state index contributed by atoms with van der Waals surface area (Å²) in [6.45, 7) is 4.40. The van der Waals surface area contributed by atoms with E-state index in [2.05, 4.69) is 15.3 Å². The van der Waals surface area contributed by atoms with Gasteiger partial charge < -0.3 is 10.2 Å². The second-order valence-electron chi connectivity index (χ2n) is 8.43. The number of rotatable bonds is 5. The van der Waals surface area contributed by atoms with Crippen LogP contribution >= 0.6 is 0 Å². The lowest BCUT2D eigenvalue weighted by molar-refractivity contribution is -0.134. The lowest BCUT2D eigenvalue weighted by atomic mass is 9.99. The summed E-state index contributed by atoms with van der Waals surface area (Å²) in [6, 6.07) is 13.7. The quantitative estimate of drug-likeness (QED) is 0.612. The largest absolute Gasteiger partial charge is 0.332 e. The predicted octanol–water partition coefficient (Wildman–Crippen LogP) is 4.78. The molecular formula is C26H27FN4O2. The number of hydrogen-bond donors (Lipinski definition) is 1. The van der Waals surface area contributed by atoms with E-state index in [9.17, 15) is 14.0 Å². The minimum atomic E-state index is -0.508. The molecule has 4 rings (SSSR count). The summed E-state index contributed by atoms with van der Waals surface area (Å²) in [6.07, 6.45) is 4.50. The van der Waals surface area contributed by atoms with E-state index in [4.69, 9.17) is 0 Å². The maximum absolute atomic E-state index is 13.9. The third kappa shape index (κ3) is 5.25. The first-order valence-corrected chi connectivity index (χ1v) is 11.2. The molecule has 2 aromatic carbocycles. The fourth-order valence-electron chi connectivity index (χ4n) is 4.22. The Bertz CT molecular complexity index is 1180. The molecule has 0 unspecified atom stereocenters. The Morgan fingerprint density at radius 2 is 1.94 bits per heavy atom. The van der Waals surface area contributed by atoms with Gasteiger partial charge in [-0.1, -0.05) is 42.0 Å². The van der Waals surface area contributed by atoms with Gasteiger partial charge in [0.25, 0.3) is 5.91 Å². The lowest BCUT2D eigenvalue weighted by Crippen LogP contribution is -2.40. The Kier molecular flexibility index (Phi) is 6.77. The fraction of sp³-hybridized carbons (Fsp3) is 0.308. The van der Waals surface area contributed by atoms with Crippen molar-refractivity contribution in [2.75, 3.05) is 11.9 Å². The van der Waals surface area contributed by atoms with Crippen LogP contribution in [-0.4, -0.2) is 33.2 Å². The third-order valence-electron chi connectivity index (χ3n) is 5.92. The van der Waals surface area contributed by atoms with Crippen molar-refractivity contribution >= 4 is 17.5 Å². The van der Waals surface area contributed by atoms with Crippen LogP contribution in [0, 0.1) is 19.7 Å². The molecule has 3 aromatic rings. The van der Waals surface area contributed by atoms with Crippen LogP contribution < -0.4 is 5.32 Å². The maximum atomic E-state index is 13.9. The third-order valence-corrected chi connectivity index (χ3v) is 5.92. The van der Waals surface area contributed by atoms with Gasteiger partial charge in [-0.25, -0.2) is 14.4 Å². The number of carbonyl (C=O) groups is 2. The average molecular weight is 447 g/mol. The van der Waals surface area contributed by atoms with E-state index in [1.165, 1.54) is 18.3 Å². The highest BCUT2D eigenvalue weighted by Gasteiger charge is 2.30. The summed E-state index contributed by atoms with van der Waals surface area (Å²) in [5, 5.41) is 2.57. The summed E-state index contributed by atoms with van der Waals surface area (Å²) in [5.41, 5.74) is 2.98. The molecule has 0 radical (unpaired) electrons. The van der Waals surface area contributed by atoms with E-state index < -0.39 is 11.7 Å². The van der Waals surface area contributed by atoms with Crippen molar-refractivity contribution in [1.82, 2.24) is 14.9 Å². The van der Waals surface area contributed by atoms with E-state index in [1.807, 2.05) is 36.1 Å². The van der Waals surface area contributed by atoms with Crippen LogP contribution in [-0.2, 0) is 11.2 Å². The molecule has 7 heteroatoms. The summed E-state index contributed by atoms with van der Waals surface area (Å²) < 4.78 is 13.9. The number of halogens is 1. The molecule has 1 aliphatic heterocycles. The Morgan fingerprint density at radius 1 is 1.12 bits per heavy atom. The number of carbonyl (C=O) groups excluding carboxylic acids is 2. The molecule has 1 aromatic heterocycles. The molecule has 0 aliphatic carbocycles. The lowest BCUT2D eigenvalue weighted by Gasteiger charge is -2.35. The van der Waals surface area contributed by atoms with E-state index in [1.54, 1.807) is 19.1 Å². The first-order valence-electron chi connectivity index (χ1n) is 11.2. The van der Waals surface area contributed by atoms with E-state index in [-0.39, 0.29) is 23.2 Å². The molecule has 0 spiro atoms. The Balaban J connectivity index is 1.52. The number of nitrogens with one attached hydrogen (secondary N) is 1. The molecule has 6 nitrogen and oxygen atoms in total. The molecule has 1 N–H and O–H groups in total. The van der Waals surface area contributed by atoms with Gasteiger partial charge >= 0.3 is 0 Å². The molecular weight excluding hydrogens is 419 g/mol. The van der Waals surface area contributed by atoms with Crippen LogP contribution in [0.2, 0.25) is 0 Å². The van der Waals surface area contributed by atoms with Crippen LogP contribution in [0.25, 0.3) is 0 Å². The number of aryl methyl sites for hydroxylation is 2. The molecule has 33 heavy (non-hydrogen) atoms. The van der Waals surface area contributed by atoms with Crippen LogP contribution in [0.15, 0.2) is 54.7 Å². The molecule has 2 amide bonds. The molecule has 2 heterocycles. The number of piperidine rings is 1. The highest BCUT2D eigenvalue weighted by atomic mass is 19.1. The zero-order chi connectivity index (χ0) is 23.4. The first-order chi connectivity index (χ1) is 15.9. The number of nitrogens with zero attached hydrogens (tertiary/aromatic N) is 3. The van der Waals surface area contributed by atoms with Crippen LogP contribution in [0.3, 0.4) is 0 Å². The van der Waals surface area contributed by atoms with Gasteiger partial charge in [-0.05, 0) is 50.8 Å². The zero-order valence-electron chi connectivity index (χ0n) is 18.8. The summed E-state index contributed by atoms with van der Waals surface area (Å²) in [5.74, 6) is -0.397. The van der Waals surface area contributed by atoms with Gasteiger partial charge in [0.2, 0.25) is 5.91 Å². The van der Waals surface area contributed by atoms with Gasteiger partial charge in [-0.15, -0.1) is 0 Å². The van der Waals surface area contributed by atoms with Crippen LogP contribution in [0.4, 0.5) is 10.1 Å². The Hall–Kier alpha value is -3.61. The number of amides is 2. The summed E-state index contributed by atoms with van der Waals surface area (Å²) in [7, 11) is 0. The molecule has 1 atom stereocenters. The van der Waals surface area contributed by atoms with Gasteiger partial charge in [0.1, 0.15) is 5.82 Å². The number of anilines is 1. The number of hydrogen-bond acceptors (Lipinski definition) is 4. The van der Waals surface area contributed by atoms with Crippen molar-refractivity contribution < 1.29 is 14.0 Å². The number of para-hydroxylation sites is 1. The van der Waals surface area contributed by atoms with Gasteiger partial charge in [0.05, 0.1) is 29.4 Å². The van der Waals surface area contributed by atoms with Gasteiger partial charge in [0, 0.05) is 12.7 Å². The average Bonchev–Trinajstić information content (AvgIpc) is 2.80. The molecule has 1 saturated heterocycles. The van der Waals surface area contributed by atoms with E-state index >= 15 is 0 Å². The summed E-state index contributed by atoms with van der Waals surface area (Å²) in [4.78, 5) is 36.7. The second-order valence-corrected chi connectivity index (χ2v) is 8.43. The van der Waals surface area contributed by atoms with Gasteiger partial charge in [-0.2, -0.15) is 0 Å². The highest BCUT2D eigenvalue weighted by molar-refractivity contribution is 6.04. The normalized spacial score (nSPS) is 15.8. The van der Waals surface area contributed by atoms with Gasteiger partial charge in [-0.3, -0.25) is 9.59 Å². The maximum Gasteiger partial charge on any atom is 0.259 e. The van der Waals surface area contributed by atoms with E-state index in [0.29, 0.717) is 24.5 Å². The first kappa shape index (κ1) is 22.6. The minimum absolute atomic E-state index is 0.0490. The highest BCUT2D eigenvalue weighted by Crippen LogP contribution is 2.30. The molecule has 0 saturated carbocycles. The molecule has 170 valence electrons. The zero-order valence-corrected chi connectivity index (χ0v) is 18.8. The van der Waals surface area contributed by atoms with E-state index in [0.717, 1.165) is 30.4 Å². The topological polar surface area (TPSA) is 75.2 Å². The number of likely N-dealkylation sites (tertiary alicyclic amines) is 1. The van der Waals surface area contributed by atoms with Crippen LogP contribution in [0.5, 0.6) is 0 Å². The van der Waals surface area contributed by atoms with Crippen LogP contribution in [0.1, 0.15) is 58.3 Å². The number of aromatic nitrogens is 2. The van der Waals surface area contributed by atoms with Crippen molar-refractivity contribution in [2.45, 2.75) is 45.6 Å². The minimum Gasteiger partial charge on any atom is -0.332 e. The SMILES string of the molecule is Cc1cccc(CC(=O)N2CCCC[C@H]2c2ncc(C(=O)Nc3ccccc3F)c(C)n2)c1.